The van der Waals surface area contributed by atoms with Crippen LogP contribution < -0.4 is 4.72 Å². The number of hydrogen-bond donors (Lipinski definition) is 1. The predicted octanol–water partition coefficient (Wildman–Crippen LogP) is 3.94. The molecular weight excluding hydrogens is 432 g/mol. The van der Waals surface area contributed by atoms with Crippen molar-refractivity contribution in [1.82, 2.24) is 14.8 Å². The number of rotatable bonds is 9. The molecule has 0 radical (unpaired) electrons. The van der Waals surface area contributed by atoms with Crippen LogP contribution in [-0.4, -0.2) is 40.5 Å². The Morgan fingerprint density at radius 2 is 1.81 bits per heavy atom. The Bertz CT molecular complexity index is 1170. The van der Waals surface area contributed by atoms with Crippen molar-refractivity contribution in [3.8, 4) is 0 Å². The Labute approximate surface area is 186 Å². The number of benzene rings is 2. The number of carbonyl (C=O) groups is 1. The molecule has 0 spiro atoms. The molecule has 31 heavy (non-hydrogen) atoms. The van der Waals surface area contributed by atoms with Crippen molar-refractivity contribution in [3.05, 3.63) is 71.5 Å². The van der Waals surface area contributed by atoms with Crippen molar-refractivity contribution < 1.29 is 13.2 Å². The summed E-state index contributed by atoms with van der Waals surface area (Å²) in [6.45, 7) is 2.53. The lowest BCUT2D eigenvalue weighted by molar-refractivity contribution is 0.0994. The van der Waals surface area contributed by atoms with Gasteiger partial charge >= 0.3 is 0 Å². The zero-order valence-electron chi connectivity index (χ0n) is 17.4. The first-order valence-corrected chi connectivity index (χ1v) is 12.8. The van der Waals surface area contributed by atoms with E-state index in [9.17, 15) is 13.2 Å². The highest BCUT2D eigenvalue weighted by Crippen LogP contribution is 2.40. The van der Waals surface area contributed by atoms with Crippen LogP contribution in [0, 0.1) is 0 Å². The zero-order valence-corrected chi connectivity index (χ0v) is 19.0. The number of hydrogen-bond acceptors (Lipinski definition) is 6. The molecule has 1 N–H and O–H groups in total. The summed E-state index contributed by atoms with van der Waals surface area (Å²) in [5, 5.41) is 9.19. The Morgan fingerprint density at radius 3 is 2.42 bits per heavy atom. The maximum Gasteiger partial charge on any atom is 0.229 e. The highest BCUT2D eigenvalue weighted by atomic mass is 32.2. The third kappa shape index (κ3) is 5.54. The van der Waals surface area contributed by atoms with Gasteiger partial charge in [-0.15, -0.1) is 10.2 Å². The first kappa shape index (κ1) is 21.6. The molecule has 1 saturated carbocycles. The zero-order chi connectivity index (χ0) is 22.0. The number of carbonyl (C=O) groups excluding carboxylic acids is 1. The first-order valence-electron chi connectivity index (χ1n) is 10.1. The molecule has 1 heterocycles. The maximum absolute atomic E-state index is 13.0. The summed E-state index contributed by atoms with van der Waals surface area (Å²) < 4.78 is 27.2. The van der Waals surface area contributed by atoms with Gasteiger partial charge in [0.15, 0.2) is 10.9 Å². The van der Waals surface area contributed by atoms with E-state index in [-0.39, 0.29) is 11.0 Å². The van der Waals surface area contributed by atoms with Gasteiger partial charge in [-0.2, -0.15) is 0 Å². The third-order valence-electron chi connectivity index (χ3n) is 5.00. The van der Waals surface area contributed by atoms with Crippen molar-refractivity contribution in [2.75, 3.05) is 11.0 Å². The Balaban J connectivity index is 1.50. The first-order chi connectivity index (χ1) is 14.8. The van der Waals surface area contributed by atoms with Crippen LogP contribution in [0.5, 0.6) is 0 Å². The molecule has 0 aliphatic heterocycles. The fourth-order valence-corrected chi connectivity index (χ4v) is 4.81. The average Bonchev–Trinajstić information content (AvgIpc) is 3.51. The maximum atomic E-state index is 13.0. The standard InChI is InChI=1S/C22H24N4O3S2/c1-15(20(27)17-10-12-19(13-11-17)25-31(2,28)29)30-22-24-23-21(18-8-9-18)26(22)14-16-6-4-3-5-7-16/h3-7,10-13,15,18,25H,8-9,14H2,1-2H3/t15-/m0/s1. The Kier molecular flexibility index (Phi) is 6.15. The largest absolute Gasteiger partial charge is 0.301 e. The van der Waals surface area contributed by atoms with Gasteiger partial charge in [-0.25, -0.2) is 8.42 Å². The van der Waals surface area contributed by atoms with E-state index in [0.29, 0.717) is 23.7 Å². The molecular formula is C22H24N4O3S2. The molecule has 4 rings (SSSR count). The number of anilines is 1. The molecule has 7 nitrogen and oxygen atoms in total. The van der Waals surface area contributed by atoms with Gasteiger partial charge in [0.2, 0.25) is 10.0 Å². The predicted molar refractivity (Wildman–Crippen MR) is 122 cm³/mol. The number of ketones is 1. The van der Waals surface area contributed by atoms with Crippen LogP contribution in [-0.2, 0) is 16.6 Å². The highest BCUT2D eigenvalue weighted by Gasteiger charge is 2.31. The van der Waals surface area contributed by atoms with E-state index >= 15 is 0 Å². The van der Waals surface area contributed by atoms with E-state index in [4.69, 9.17) is 0 Å². The van der Waals surface area contributed by atoms with Gasteiger partial charge in [0, 0.05) is 17.2 Å². The van der Waals surface area contributed by atoms with Crippen LogP contribution in [0.25, 0.3) is 0 Å². The molecule has 1 aromatic heterocycles. The molecule has 2 aromatic carbocycles. The number of aromatic nitrogens is 3. The van der Waals surface area contributed by atoms with Crippen molar-refractivity contribution in [2.45, 2.75) is 42.6 Å². The average molecular weight is 457 g/mol. The van der Waals surface area contributed by atoms with Gasteiger partial charge in [0.25, 0.3) is 0 Å². The van der Waals surface area contributed by atoms with Gasteiger partial charge in [-0.05, 0) is 49.6 Å². The van der Waals surface area contributed by atoms with E-state index in [1.807, 2.05) is 25.1 Å². The number of nitrogens with zero attached hydrogens (tertiary/aromatic N) is 3. The van der Waals surface area contributed by atoms with Crippen molar-refractivity contribution in [1.29, 1.82) is 0 Å². The molecule has 0 amide bonds. The SMILES string of the molecule is C[C@H](Sc1nnc(C2CC2)n1Cc1ccccc1)C(=O)c1ccc(NS(C)(=O)=O)cc1. The van der Waals surface area contributed by atoms with Crippen LogP contribution in [0.2, 0.25) is 0 Å². The summed E-state index contributed by atoms with van der Waals surface area (Å²) >= 11 is 1.40. The molecule has 1 atom stereocenters. The van der Waals surface area contributed by atoms with Crippen molar-refractivity contribution in [2.24, 2.45) is 0 Å². The van der Waals surface area contributed by atoms with Crippen LogP contribution in [0.1, 0.15) is 47.4 Å². The lowest BCUT2D eigenvalue weighted by atomic mass is 10.1. The summed E-state index contributed by atoms with van der Waals surface area (Å²) in [6, 6.07) is 16.6. The summed E-state index contributed by atoms with van der Waals surface area (Å²) in [5.74, 6) is 1.40. The lowest BCUT2D eigenvalue weighted by Crippen LogP contribution is -2.16. The fraction of sp³-hybridized carbons (Fsp3) is 0.318. The van der Waals surface area contributed by atoms with Gasteiger partial charge in [0.1, 0.15) is 5.82 Å². The van der Waals surface area contributed by atoms with E-state index in [0.717, 1.165) is 30.1 Å². The topological polar surface area (TPSA) is 93.9 Å². The Morgan fingerprint density at radius 1 is 1.13 bits per heavy atom. The molecule has 1 fully saturated rings. The molecule has 3 aromatic rings. The quantitative estimate of drug-likeness (QED) is 0.387. The van der Waals surface area contributed by atoms with E-state index in [2.05, 4.69) is 31.6 Å². The Hall–Kier alpha value is -2.65. The summed E-state index contributed by atoms with van der Waals surface area (Å²) in [6.07, 6.45) is 3.34. The van der Waals surface area contributed by atoms with Gasteiger partial charge in [-0.1, -0.05) is 42.1 Å². The summed E-state index contributed by atoms with van der Waals surface area (Å²) in [7, 11) is -3.35. The number of thioether (sulfide) groups is 1. The van der Waals surface area contributed by atoms with Crippen molar-refractivity contribution in [3.63, 3.8) is 0 Å². The van der Waals surface area contributed by atoms with Gasteiger partial charge in [0.05, 0.1) is 18.1 Å². The van der Waals surface area contributed by atoms with Gasteiger partial charge in [-0.3, -0.25) is 9.52 Å². The number of nitrogens with one attached hydrogen (secondary N) is 1. The van der Waals surface area contributed by atoms with Crippen LogP contribution >= 0.6 is 11.8 Å². The minimum atomic E-state index is -3.35. The van der Waals surface area contributed by atoms with Crippen LogP contribution in [0.15, 0.2) is 59.8 Å². The highest BCUT2D eigenvalue weighted by molar-refractivity contribution is 8.00. The molecule has 0 unspecified atom stereocenters. The van der Waals surface area contributed by atoms with E-state index in [1.54, 1.807) is 24.3 Å². The molecule has 1 aliphatic carbocycles. The van der Waals surface area contributed by atoms with Gasteiger partial charge < -0.3 is 4.57 Å². The fourth-order valence-electron chi connectivity index (χ4n) is 3.31. The second-order valence-corrected chi connectivity index (χ2v) is 10.8. The van der Waals surface area contributed by atoms with Crippen molar-refractivity contribution >= 4 is 33.3 Å². The minimum Gasteiger partial charge on any atom is -0.301 e. The number of Topliss-reactive ketones (excluding diaryl/α,β-unsaturated/α-hetero) is 1. The summed E-state index contributed by atoms with van der Waals surface area (Å²) in [5.41, 5.74) is 2.12. The number of sulfonamides is 1. The monoisotopic (exact) mass is 456 g/mol. The molecule has 9 heteroatoms. The molecule has 0 saturated heterocycles. The lowest BCUT2D eigenvalue weighted by Gasteiger charge is -2.13. The normalized spacial score (nSPS) is 14.9. The van der Waals surface area contributed by atoms with E-state index < -0.39 is 10.0 Å². The smallest absolute Gasteiger partial charge is 0.229 e. The second kappa shape index (κ2) is 8.84. The summed E-state index contributed by atoms with van der Waals surface area (Å²) in [4.78, 5) is 13.0. The van der Waals surface area contributed by atoms with Crippen LogP contribution in [0.4, 0.5) is 5.69 Å². The minimum absolute atomic E-state index is 0.0434. The molecule has 1 aliphatic rings. The molecule has 0 bridgehead atoms. The third-order valence-corrected chi connectivity index (χ3v) is 6.68. The van der Waals surface area contributed by atoms with Crippen LogP contribution in [0.3, 0.4) is 0 Å². The van der Waals surface area contributed by atoms with E-state index in [1.165, 1.54) is 17.3 Å². The second-order valence-electron chi connectivity index (χ2n) is 7.76. The molecule has 162 valence electrons.